The number of rotatable bonds is 2. The van der Waals surface area contributed by atoms with Crippen LogP contribution in [0.1, 0.15) is 0 Å². The molecule has 2 atom stereocenters. The van der Waals surface area contributed by atoms with Crippen molar-refractivity contribution in [3.8, 4) is 5.75 Å². The molecule has 0 aliphatic heterocycles. The Morgan fingerprint density at radius 1 is 1.32 bits per heavy atom. The van der Waals surface area contributed by atoms with Crippen LogP contribution in [0.2, 0.25) is 10.0 Å². The minimum Gasteiger partial charge on any atom is -0.413 e. The van der Waals surface area contributed by atoms with E-state index in [0.29, 0.717) is 19.3 Å². The molecular formula is C6H4Cl5N4OP3. The second kappa shape index (κ2) is 6.56. The molecule has 1 heterocycles. The Morgan fingerprint density at radius 2 is 2.00 bits per heavy atom. The average Bonchev–Trinajstić information content (AvgIpc) is 2.39. The maximum Gasteiger partial charge on any atom is 0.283 e. The van der Waals surface area contributed by atoms with Crippen molar-refractivity contribution in [2.75, 3.05) is 5.73 Å². The number of benzene rings is 1. The molecule has 1 aromatic heterocycles. The molecule has 19 heavy (non-hydrogen) atoms. The molecule has 0 aliphatic carbocycles. The first-order valence-electron chi connectivity index (χ1n) is 4.42. The number of anilines is 1. The zero-order valence-electron chi connectivity index (χ0n) is 8.71. The summed E-state index contributed by atoms with van der Waals surface area (Å²) < 4.78 is 12.3. The van der Waals surface area contributed by atoms with E-state index in [4.69, 9.17) is 68.3 Å². The van der Waals surface area contributed by atoms with E-state index >= 15 is 0 Å². The third-order valence-corrected chi connectivity index (χ3v) is 10.1. The van der Waals surface area contributed by atoms with Gasteiger partial charge < -0.3 is 10.3 Å². The summed E-state index contributed by atoms with van der Waals surface area (Å²) in [7, 11) is -2.45. The summed E-state index contributed by atoms with van der Waals surface area (Å²) >= 11 is 29.6. The number of nitrogen functional groups attached to an aromatic ring is 1. The lowest BCUT2D eigenvalue weighted by molar-refractivity contribution is 0.625. The molecule has 5 nitrogen and oxygen atoms in total. The maximum absolute atomic E-state index is 6.02. The van der Waals surface area contributed by atoms with Gasteiger partial charge in [-0.2, -0.15) is 7.22 Å². The largest absolute Gasteiger partial charge is 0.413 e. The highest BCUT2D eigenvalue weighted by Gasteiger charge is 2.14. The first-order chi connectivity index (χ1) is 8.91. The predicted octanol–water partition coefficient (Wildman–Crippen LogP) is 6.10. The lowest BCUT2D eigenvalue weighted by Crippen LogP contribution is -1.95. The summed E-state index contributed by atoms with van der Waals surface area (Å²) in [4.78, 5) is 0. The van der Waals surface area contributed by atoms with E-state index in [1.807, 2.05) is 0 Å². The Morgan fingerprint density at radius 3 is 2.68 bits per heavy atom. The quantitative estimate of drug-likeness (QED) is 0.600. The number of nitrogens with zero attached hydrogens (tertiary/aromatic N) is 3. The van der Waals surface area contributed by atoms with Crippen LogP contribution in [0.3, 0.4) is 0 Å². The molecular weight excluding hydrogens is 414 g/mol. The summed E-state index contributed by atoms with van der Waals surface area (Å²) in [5.74, 6) is 0.341. The Bertz CT molecular complexity index is 604. The molecule has 0 bridgehead atoms. The fourth-order valence-corrected chi connectivity index (χ4v) is 7.23. The zero-order valence-corrected chi connectivity index (χ0v) is 15.2. The van der Waals surface area contributed by atoms with Gasteiger partial charge in [0.05, 0.1) is 15.7 Å². The number of hydrogen-bond donors (Lipinski definition) is 1. The summed E-state index contributed by atoms with van der Waals surface area (Å²) in [6, 6.07) is 3.16. The van der Waals surface area contributed by atoms with Crippen LogP contribution < -0.4 is 10.3 Å². The van der Waals surface area contributed by atoms with Crippen LogP contribution in [0, 0.1) is 0 Å². The minimum absolute atomic E-state index is 0.219. The molecule has 0 radical (unpaired) electrons. The monoisotopic (exact) mass is 416 g/mol. The molecule has 2 unspecified atom stereocenters. The lowest BCUT2D eigenvalue weighted by Gasteiger charge is -2.12. The molecule has 0 spiro atoms. The second-order valence-electron chi connectivity index (χ2n) is 3.02. The van der Waals surface area contributed by atoms with Crippen LogP contribution in [-0.4, -0.2) is 11.7 Å². The summed E-state index contributed by atoms with van der Waals surface area (Å²) in [5.41, 5.74) is 6.03. The van der Waals surface area contributed by atoms with Crippen molar-refractivity contribution in [1.82, 2.24) is 11.7 Å². The van der Waals surface area contributed by atoms with Crippen molar-refractivity contribution in [2.45, 2.75) is 0 Å². The molecule has 0 saturated carbocycles. The lowest BCUT2D eigenvalue weighted by atomic mass is 10.3. The Labute approximate surface area is 137 Å². The van der Waals surface area contributed by atoms with E-state index < -0.39 is 15.3 Å². The molecule has 0 amide bonds. The predicted molar refractivity (Wildman–Crippen MR) is 86.4 cm³/mol. The number of halogens is 5. The highest BCUT2D eigenvalue weighted by molar-refractivity contribution is 7.79. The highest BCUT2D eigenvalue weighted by atomic mass is 35.7. The van der Waals surface area contributed by atoms with Crippen LogP contribution in [0.5, 0.6) is 5.75 Å². The summed E-state index contributed by atoms with van der Waals surface area (Å²) in [6.45, 7) is 0. The van der Waals surface area contributed by atoms with E-state index in [1.165, 1.54) is 7.22 Å². The van der Waals surface area contributed by atoms with Gasteiger partial charge in [0.25, 0.3) is 8.08 Å². The SMILES string of the molecule is Nc1c(Op2npn(Cl)p(Cl)n2Cl)ccc(Cl)c1Cl. The molecule has 1 aromatic carbocycles. The fourth-order valence-electron chi connectivity index (χ4n) is 1.03. The van der Waals surface area contributed by atoms with E-state index in [9.17, 15) is 0 Å². The second-order valence-corrected chi connectivity index (χ2v) is 10.6. The van der Waals surface area contributed by atoms with Gasteiger partial charge in [-0.3, -0.25) is 0 Å². The van der Waals surface area contributed by atoms with Gasteiger partial charge in [-0.25, -0.2) is 0 Å². The molecule has 0 aliphatic rings. The molecule has 0 fully saturated rings. The Balaban J connectivity index is 2.43. The average molecular weight is 418 g/mol. The number of nitrogens with two attached hydrogens (primary N) is 1. The maximum atomic E-state index is 6.02. The van der Waals surface area contributed by atoms with Gasteiger partial charge in [-0.15, -0.1) is 4.51 Å². The molecule has 2 N–H and O–H groups in total. The van der Waals surface area contributed by atoms with E-state index in [0.717, 1.165) is 0 Å². The summed E-state index contributed by atoms with van der Waals surface area (Å²) in [6.07, 6.45) is 0. The minimum atomic E-state index is -1.51. The van der Waals surface area contributed by atoms with E-state index in [2.05, 4.69) is 4.51 Å². The van der Waals surface area contributed by atoms with Gasteiger partial charge in [-0.05, 0) is 23.4 Å². The standard InChI is InChI=1S/C6H4Cl5N4OP3/c7-3-1-2-4(6(12)5(3)8)16-19-13-17-14(9)18(11)15(19)10/h1-2H,12H2. The molecule has 13 heteroatoms. The Kier molecular flexibility index (Phi) is 5.50. The molecule has 104 valence electrons. The molecule has 0 saturated heterocycles. The van der Waals surface area contributed by atoms with Crippen molar-refractivity contribution in [1.29, 1.82) is 0 Å². The zero-order chi connectivity index (χ0) is 14.2. The fraction of sp³-hybridized carbons (Fsp3) is 0. The number of aromatic nitrogens is 3. The van der Waals surface area contributed by atoms with Crippen molar-refractivity contribution in [2.24, 2.45) is 0 Å². The van der Waals surface area contributed by atoms with Gasteiger partial charge in [-0.1, -0.05) is 23.2 Å². The van der Waals surface area contributed by atoms with Gasteiger partial charge in [0, 0.05) is 23.6 Å². The van der Waals surface area contributed by atoms with E-state index in [1.54, 1.807) is 12.1 Å². The molecule has 2 aromatic rings. The van der Waals surface area contributed by atoms with Crippen LogP contribution >= 0.6 is 81.8 Å². The van der Waals surface area contributed by atoms with Crippen molar-refractivity contribution >= 4 is 87.5 Å². The van der Waals surface area contributed by atoms with Gasteiger partial charge in [0.1, 0.15) is 0 Å². The van der Waals surface area contributed by atoms with Crippen molar-refractivity contribution in [3.63, 3.8) is 0 Å². The van der Waals surface area contributed by atoms with Crippen LogP contribution in [0.25, 0.3) is 0 Å². The first-order valence-corrected chi connectivity index (χ1v) is 9.97. The first kappa shape index (κ1) is 15.9. The third kappa shape index (κ3) is 3.43. The number of hydrogen-bond acceptors (Lipinski definition) is 3. The van der Waals surface area contributed by atoms with E-state index in [-0.39, 0.29) is 10.7 Å². The van der Waals surface area contributed by atoms with Gasteiger partial charge >= 0.3 is 0 Å². The molecule has 2 rings (SSSR count). The smallest absolute Gasteiger partial charge is 0.283 e. The summed E-state index contributed by atoms with van der Waals surface area (Å²) in [5, 5.41) is 0.559. The van der Waals surface area contributed by atoms with Gasteiger partial charge in [0.15, 0.2) is 21.5 Å². The van der Waals surface area contributed by atoms with Crippen molar-refractivity contribution in [3.05, 3.63) is 22.2 Å². The Hall–Kier alpha value is 0.570. The van der Waals surface area contributed by atoms with Gasteiger partial charge in [0.2, 0.25) is 0 Å². The van der Waals surface area contributed by atoms with Crippen LogP contribution in [-0.2, 0) is 0 Å². The third-order valence-electron chi connectivity index (χ3n) is 1.88. The van der Waals surface area contributed by atoms with Crippen molar-refractivity contribution < 1.29 is 4.52 Å². The highest BCUT2D eigenvalue weighted by Crippen LogP contribution is 2.46. The van der Waals surface area contributed by atoms with Crippen LogP contribution in [0.4, 0.5) is 5.69 Å². The van der Waals surface area contributed by atoms with Crippen LogP contribution in [0.15, 0.2) is 12.1 Å². The normalized spacial score (nSPS) is 12.9. The topological polar surface area (TPSA) is 58.0 Å².